The summed E-state index contributed by atoms with van der Waals surface area (Å²) in [4.78, 5) is 46.2. The number of nitrogens with zero attached hydrogens (tertiary/aromatic N) is 2. The molecular weight excluding hydrogens is 440 g/mol. The summed E-state index contributed by atoms with van der Waals surface area (Å²) in [6, 6.07) is 9.63. The lowest BCUT2D eigenvalue weighted by atomic mass is 9.89. The number of benzene rings is 2. The molecular formula is C19H18F3N2O6P. The van der Waals surface area contributed by atoms with Crippen molar-refractivity contribution < 1.29 is 41.6 Å². The standard InChI is InChI=1S/C19H18F3N2O6P/c1-12-8-9-14(10-15(12)19(20,21)22)24-16(25)18(23(2)17(24)26,11-30-31(27,28)29)13-6-4-3-5-7-13/h3-10H,11H2,1-2H3,(H2,27,28,29). The third-order valence-corrected chi connectivity index (χ3v) is 5.55. The average molecular weight is 458 g/mol. The van der Waals surface area contributed by atoms with Crippen LogP contribution in [0.2, 0.25) is 0 Å². The third kappa shape index (κ3) is 4.09. The van der Waals surface area contributed by atoms with Crippen LogP contribution < -0.4 is 4.90 Å². The molecule has 12 heteroatoms. The highest BCUT2D eigenvalue weighted by atomic mass is 31.2. The summed E-state index contributed by atoms with van der Waals surface area (Å²) in [5.41, 5.74) is -3.26. The number of amides is 3. The molecule has 8 nitrogen and oxygen atoms in total. The van der Waals surface area contributed by atoms with Crippen molar-refractivity contribution in [3.05, 3.63) is 65.2 Å². The molecule has 0 aliphatic carbocycles. The van der Waals surface area contributed by atoms with Crippen molar-refractivity contribution in [2.24, 2.45) is 0 Å². The maximum absolute atomic E-state index is 13.5. The monoisotopic (exact) mass is 458 g/mol. The first-order valence-electron chi connectivity index (χ1n) is 8.85. The number of phosphoric acid groups is 1. The Labute approximate surface area is 175 Å². The van der Waals surface area contributed by atoms with Crippen molar-refractivity contribution >= 4 is 25.4 Å². The maximum Gasteiger partial charge on any atom is 0.469 e. The summed E-state index contributed by atoms with van der Waals surface area (Å²) in [6.07, 6.45) is -4.71. The van der Waals surface area contributed by atoms with E-state index in [1.165, 1.54) is 44.3 Å². The van der Waals surface area contributed by atoms with E-state index < -0.39 is 43.6 Å². The zero-order valence-corrected chi connectivity index (χ0v) is 17.2. The Balaban J connectivity index is 2.16. The van der Waals surface area contributed by atoms with Crippen LogP contribution in [-0.2, 0) is 25.6 Å². The number of aryl methyl sites for hydroxylation is 1. The van der Waals surface area contributed by atoms with Gasteiger partial charge in [0, 0.05) is 7.05 Å². The van der Waals surface area contributed by atoms with Crippen molar-refractivity contribution in [2.45, 2.75) is 18.6 Å². The van der Waals surface area contributed by atoms with Gasteiger partial charge in [0.15, 0.2) is 5.54 Å². The van der Waals surface area contributed by atoms with Gasteiger partial charge in [-0.1, -0.05) is 36.4 Å². The highest BCUT2D eigenvalue weighted by Gasteiger charge is 2.58. The number of rotatable bonds is 5. The Hall–Kier alpha value is -2.72. The summed E-state index contributed by atoms with van der Waals surface area (Å²) in [5, 5.41) is 0. The summed E-state index contributed by atoms with van der Waals surface area (Å²) >= 11 is 0. The van der Waals surface area contributed by atoms with Crippen molar-refractivity contribution in [3.8, 4) is 0 Å². The molecule has 0 bridgehead atoms. The fourth-order valence-electron chi connectivity index (χ4n) is 3.46. The highest BCUT2D eigenvalue weighted by Crippen LogP contribution is 2.45. The van der Waals surface area contributed by atoms with Gasteiger partial charge in [0.25, 0.3) is 5.91 Å². The number of alkyl halides is 3. The minimum absolute atomic E-state index is 0.0946. The molecule has 2 aromatic carbocycles. The van der Waals surface area contributed by atoms with Crippen molar-refractivity contribution in [3.63, 3.8) is 0 Å². The lowest BCUT2D eigenvalue weighted by molar-refractivity contribution is -0.138. The number of hydrogen-bond donors (Lipinski definition) is 2. The van der Waals surface area contributed by atoms with Crippen molar-refractivity contribution in [1.82, 2.24) is 4.90 Å². The Bertz CT molecular complexity index is 1070. The molecule has 2 aromatic rings. The van der Waals surface area contributed by atoms with E-state index >= 15 is 0 Å². The van der Waals surface area contributed by atoms with Crippen LogP contribution in [0.15, 0.2) is 48.5 Å². The summed E-state index contributed by atoms with van der Waals surface area (Å²) < 4.78 is 56.0. The molecule has 3 rings (SSSR count). The van der Waals surface area contributed by atoms with E-state index in [-0.39, 0.29) is 16.8 Å². The second-order valence-corrected chi connectivity index (χ2v) is 8.21. The molecule has 1 fully saturated rings. The smallest absolute Gasteiger partial charge is 0.306 e. The molecule has 1 heterocycles. The van der Waals surface area contributed by atoms with Crippen LogP contribution in [0.25, 0.3) is 0 Å². The second kappa shape index (κ2) is 7.76. The molecule has 1 atom stereocenters. The molecule has 1 aliphatic heterocycles. The van der Waals surface area contributed by atoms with Crippen LogP contribution in [0, 0.1) is 6.92 Å². The van der Waals surface area contributed by atoms with Crippen LogP contribution in [0.4, 0.5) is 23.7 Å². The normalized spacial score (nSPS) is 20.0. The van der Waals surface area contributed by atoms with E-state index in [1.807, 2.05) is 0 Å². The largest absolute Gasteiger partial charge is 0.469 e. The zero-order valence-electron chi connectivity index (χ0n) is 16.3. The Morgan fingerprint density at radius 1 is 1.10 bits per heavy atom. The van der Waals surface area contributed by atoms with Crippen LogP contribution >= 0.6 is 7.82 Å². The molecule has 1 aliphatic rings. The number of halogens is 3. The Morgan fingerprint density at radius 2 is 1.71 bits per heavy atom. The van der Waals surface area contributed by atoms with E-state index in [9.17, 15) is 27.3 Å². The number of imide groups is 1. The number of anilines is 1. The lowest BCUT2D eigenvalue weighted by Crippen LogP contribution is -2.48. The predicted molar refractivity (Wildman–Crippen MR) is 103 cm³/mol. The van der Waals surface area contributed by atoms with Gasteiger partial charge < -0.3 is 14.7 Å². The predicted octanol–water partition coefficient (Wildman–Crippen LogP) is 3.42. The van der Waals surface area contributed by atoms with Gasteiger partial charge in [-0.05, 0) is 30.2 Å². The summed E-state index contributed by atoms with van der Waals surface area (Å²) in [7, 11) is -3.84. The van der Waals surface area contributed by atoms with E-state index in [4.69, 9.17) is 9.79 Å². The zero-order chi connectivity index (χ0) is 23.2. The molecule has 3 amide bonds. The Kier molecular flexibility index (Phi) is 5.74. The number of carbonyl (C=O) groups is 2. The lowest BCUT2D eigenvalue weighted by Gasteiger charge is -2.32. The second-order valence-electron chi connectivity index (χ2n) is 6.97. The number of hydrogen-bond acceptors (Lipinski definition) is 4. The van der Waals surface area contributed by atoms with Gasteiger partial charge in [0.05, 0.1) is 17.9 Å². The van der Waals surface area contributed by atoms with Crippen molar-refractivity contribution in [2.75, 3.05) is 18.6 Å². The average Bonchev–Trinajstić information content (AvgIpc) is 2.87. The van der Waals surface area contributed by atoms with Crippen LogP contribution in [0.5, 0.6) is 0 Å². The summed E-state index contributed by atoms with van der Waals surface area (Å²) in [5.74, 6) is -1.00. The first-order chi connectivity index (χ1) is 14.3. The van der Waals surface area contributed by atoms with Gasteiger partial charge in [-0.2, -0.15) is 13.2 Å². The molecule has 0 aromatic heterocycles. The molecule has 0 saturated carbocycles. The first kappa shape index (κ1) is 23.0. The van der Waals surface area contributed by atoms with Gasteiger partial charge in [-0.25, -0.2) is 14.3 Å². The molecule has 1 saturated heterocycles. The summed E-state index contributed by atoms with van der Waals surface area (Å²) in [6.45, 7) is 0.339. The molecule has 1 unspecified atom stereocenters. The highest BCUT2D eigenvalue weighted by molar-refractivity contribution is 7.46. The van der Waals surface area contributed by atoms with Gasteiger partial charge in [-0.3, -0.25) is 9.32 Å². The quantitative estimate of drug-likeness (QED) is 0.525. The molecule has 2 N–H and O–H groups in total. The van der Waals surface area contributed by atoms with Gasteiger partial charge >= 0.3 is 20.0 Å². The number of urea groups is 1. The maximum atomic E-state index is 13.5. The topological polar surface area (TPSA) is 107 Å². The van der Waals surface area contributed by atoms with Gasteiger partial charge in [0.1, 0.15) is 0 Å². The number of carbonyl (C=O) groups excluding carboxylic acids is 2. The minimum Gasteiger partial charge on any atom is -0.306 e. The molecule has 166 valence electrons. The van der Waals surface area contributed by atoms with Gasteiger partial charge in [0.2, 0.25) is 0 Å². The third-order valence-electron chi connectivity index (χ3n) is 5.09. The SMILES string of the molecule is Cc1ccc(N2C(=O)N(C)C(COP(=O)(O)O)(c3ccccc3)C2=O)cc1C(F)(F)F. The van der Waals surface area contributed by atoms with E-state index in [0.717, 1.165) is 11.0 Å². The Morgan fingerprint density at radius 3 is 2.26 bits per heavy atom. The first-order valence-corrected chi connectivity index (χ1v) is 10.4. The van der Waals surface area contributed by atoms with Crippen LogP contribution in [0.3, 0.4) is 0 Å². The number of likely N-dealkylation sites (N-methyl/N-ethyl adjacent to an activating group) is 1. The van der Waals surface area contributed by atoms with E-state index in [2.05, 4.69) is 4.52 Å². The van der Waals surface area contributed by atoms with Crippen LogP contribution in [0.1, 0.15) is 16.7 Å². The minimum atomic E-state index is -5.04. The fourth-order valence-corrected chi connectivity index (χ4v) is 3.82. The fraction of sp³-hybridized carbons (Fsp3) is 0.263. The molecule has 0 spiro atoms. The molecule has 31 heavy (non-hydrogen) atoms. The number of phosphoric ester groups is 1. The van der Waals surface area contributed by atoms with E-state index in [0.29, 0.717) is 11.0 Å². The van der Waals surface area contributed by atoms with Crippen LogP contribution in [-0.4, -0.2) is 40.3 Å². The van der Waals surface area contributed by atoms with Gasteiger partial charge in [-0.15, -0.1) is 0 Å². The molecule has 0 radical (unpaired) electrons. The van der Waals surface area contributed by atoms with Crippen molar-refractivity contribution in [1.29, 1.82) is 0 Å². The van der Waals surface area contributed by atoms with E-state index in [1.54, 1.807) is 6.07 Å².